The van der Waals surface area contributed by atoms with E-state index in [-0.39, 0.29) is 59.3 Å². The first-order valence-electron chi connectivity index (χ1n) is 17.7. The summed E-state index contributed by atoms with van der Waals surface area (Å²) in [5.74, 6) is -0.235. The third-order valence-electron chi connectivity index (χ3n) is 10.5. The van der Waals surface area contributed by atoms with Gasteiger partial charge >= 0.3 is 0 Å². The van der Waals surface area contributed by atoms with Crippen molar-refractivity contribution in [2.24, 2.45) is 23.7 Å². The fraction of sp³-hybridized carbons (Fsp3) is 0.429. The lowest BCUT2D eigenvalue weighted by molar-refractivity contribution is -0.130. The van der Waals surface area contributed by atoms with E-state index in [1.54, 1.807) is 20.1 Å². The zero-order valence-corrected chi connectivity index (χ0v) is 30.4. The fourth-order valence-corrected chi connectivity index (χ4v) is 7.68. The van der Waals surface area contributed by atoms with E-state index in [2.05, 4.69) is 12.2 Å². The predicted molar refractivity (Wildman–Crippen MR) is 196 cm³/mol. The minimum absolute atomic E-state index is 0.0598. The van der Waals surface area contributed by atoms with Crippen molar-refractivity contribution in [3.05, 3.63) is 87.7 Å². The van der Waals surface area contributed by atoms with Crippen LogP contribution < -0.4 is 10.1 Å². The van der Waals surface area contributed by atoms with Crippen molar-refractivity contribution in [1.29, 1.82) is 0 Å². The molecule has 6 nitrogen and oxygen atoms in total. The summed E-state index contributed by atoms with van der Waals surface area (Å²) in [4.78, 5) is 50.1. The van der Waals surface area contributed by atoms with Gasteiger partial charge in [0.2, 0.25) is 5.91 Å². The summed E-state index contributed by atoms with van der Waals surface area (Å²) in [5.41, 5.74) is 5.66. The van der Waals surface area contributed by atoms with Crippen molar-refractivity contribution in [3.63, 3.8) is 0 Å². The molecule has 0 saturated carbocycles. The van der Waals surface area contributed by atoms with Crippen LogP contribution in [0.15, 0.2) is 60.2 Å². The van der Waals surface area contributed by atoms with Crippen LogP contribution in [0, 0.1) is 36.4 Å². The summed E-state index contributed by atoms with van der Waals surface area (Å²) in [7, 11) is 1.55. The molecule has 0 bridgehead atoms. The van der Waals surface area contributed by atoms with Gasteiger partial charge in [0.25, 0.3) is 0 Å². The van der Waals surface area contributed by atoms with Crippen LogP contribution in [0.1, 0.15) is 76.0 Å². The number of ether oxygens (including phenoxy) is 1. The lowest BCUT2D eigenvalue weighted by atomic mass is 9.83. The topological polar surface area (TPSA) is 89.5 Å². The molecule has 0 spiro atoms. The van der Waals surface area contributed by atoms with Crippen LogP contribution in [0.3, 0.4) is 0 Å². The van der Waals surface area contributed by atoms with Crippen LogP contribution >= 0.6 is 11.6 Å². The molecule has 1 fully saturated rings. The van der Waals surface area contributed by atoms with Gasteiger partial charge in [-0.1, -0.05) is 81.3 Å². The molecule has 1 saturated heterocycles. The summed E-state index contributed by atoms with van der Waals surface area (Å²) < 4.78 is 21.5. The van der Waals surface area contributed by atoms with Crippen molar-refractivity contribution in [2.75, 3.05) is 13.7 Å². The van der Waals surface area contributed by atoms with Gasteiger partial charge in [0.05, 0.1) is 17.7 Å². The van der Waals surface area contributed by atoms with Crippen molar-refractivity contribution < 1.29 is 28.3 Å². The number of rotatable bonds is 12. The minimum atomic E-state index is -0.392. The largest absolute Gasteiger partial charge is 0.496 e. The van der Waals surface area contributed by atoms with Gasteiger partial charge < -0.3 is 10.1 Å². The van der Waals surface area contributed by atoms with Crippen molar-refractivity contribution in [3.8, 4) is 28.0 Å². The molecule has 50 heavy (non-hydrogen) atoms. The number of carbonyl (C=O) groups excluding carboxylic acids is 4. The number of aryl methyl sites for hydroxylation is 1. The smallest absolute Gasteiger partial charge is 0.220 e. The van der Waals surface area contributed by atoms with Gasteiger partial charge in [0.1, 0.15) is 17.3 Å². The number of methoxy groups -OCH3 is 1. The van der Waals surface area contributed by atoms with Crippen molar-refractivity contribution in [1.82, 2.24) is 5.32 Å². The molecular weight excluding hydrogens is 653 g/mol. The molecular formula is C42H47ClFNO5. The summed E-state index contributed by atoms with van der Waals surface area (Å²) >= 11 is 7.08. The molecule has 3 aromatic rings. The zero-order valence-electron chi connectivity index (χ0n) is 29.7. The van der Waals surface area contributed by atoms with Gasteiger partial charge in [-0.3, -0.25) is 19.2 Å². The molecule has 0 aromatic heterocycles. The maximum atomic E-state index is 15.8. The Morgan fingerprint density at radius 1 is 1.02 bits per heavy atom. The first-order valence-corrected chi connectivity index (χ1v) is 18.1. The molecule has 5 rings (SSSR count). The Bertz CT molecular complexity index is 1830. The minimum Gasteiger partial charge on any atom is -0.496 e. The van der Waals surface area contributed by atoms with E-state index in [1.165, 1.54) is 6.07 Å². The standard InChI is InChI=1S/C42H47ClFNO5/c1-24(12-14-28-20-40(48)45-23-28)18-35-36(44)21-30(22-39(35)50-5)32-10-7-11-33(41(32)43)31-9-6-8-29(27(31)4)15-17-37(46)34-16-13-25(2)42(49)26(3)19-38(34)47/h6-11,16,21-22,24-26,28H,12-15,17-20,23H2,1-5H3,(H,45,48)/b34-16-/t24?,25?,26?,28-/m0/s1. The van der Waals surface area contributed by atoms with Crippen molar-refractivity contribution >= 4 is 34.9 Å². The second-order valence-corrected chi connectivity index (χ2v) is 14.6. The van der Waals surface area contributed by atoms with E-state index in [1.807, 2.05) is 56.3 Å². The number of hydrogen-bond donors (Lipinski definition) is 1. The highest BCUT2D eigenvalue weighted by Gasteiger charge is 2.29. The highest BCUT2D eigenvalue weighted by atomic mass is 35.5. The number of nitrogens with one attached hydrogen (secondary N) is 1. The van der Waals surface area contributed by atoms with E-state index >= 15 is 4.39 Å². The van der Waals surface area contributed by atoms with E-state index in [0.717, 1.165) is 35.1 Å². The number of carbonyl (C=O) groups is 4. The molecule has 4 atom stereocenters. The quantitative estimate of drug-likeness (QED) is 0.191. The van der Waals surface area contributed by atoms with Crippen LogP contribution in [-0.2, 0) is 32.0 Å². The molecule has 1 amide bonds. The van der Waals surface area contributed by atoms with Gasteiger partial charge in [0.15, 0.2) is 11.6 Å². The van der Waals surface area contributed by atoms with Crippen LogP contribution in [0.4, 0.5) is 4.39 Å². The molecule has 264 valence electrons. The number of Topliss-reactive ketones (excluding diaryl/α,β-unsaturated/α-hetero) is 3. The fourth-order valence-electron chi connectivity index (χ4n) is 7.35. The van der Waals surface area contributed by atoms with E-state index in [9.17, 15) is 19.2 Å². The predicted octanol–water partition coefficient (Wildman–Crippen LogP) is 8.86. The van der Waals surface area contributed by atoms with Crippen LogP contribution in [0.5, 0.6) is 5.75 Å². The maximum Gasteiger partial charge on any atom is 0.220 e. The molecule has 1 N–H and O–H groups in total. The van der Waals surface area contributed by atoms with Crippen molar-refractivity contribution in [2.45, 2.75) is 79.1 Å². The number of benzene rings is 3. The molecule has 1 heterocycles. The summed E-state index contributed by atoms with van der Waals surface area (Å²) in [6.07, 6.45) is 5.61. The van der Waals surface area contributed by atoms with Gasteiger partial charge in [0, 0.05) is 54.3 Å². The Morgan fingerprint density at radius 2 is 1.74 bits per heavy atom. The monoisotopic (exact) mass is 699 g/mol. The summed E-state index contributed by atoms with van der Waals surface area (Å²) in [5, 5.41) is 3.36. The normalized spacial score (nSPS) is 21.2. The second-order valence-electron chi connectivity index (χ2n) is 14.3. The Hall–Kier alpha value is -4.10. The van der Waals surface area contributed by atoms with E-state index in [4.69, 9.17) is 16.3 Å². The average molecular weight is 700 g/mol. The Morgan fingerprint density at radius 3 is 2.46 bits per heavy atom. The molecule has 1 aliphatic carbocycles. The average Bonchev–Trinajstić information content (AvgIpc) is 3.51. The molecule has 2 aliphatic rings. The third-order valence-corrected chi connectivity index (χ3v) is 10.9. The van der Waals surface area contributed by atoms with Crippen LogP contribution in [0.25, 0.3) is 22.3 Å². The Kier molecular flexibility index (Phi) is 12.1. The molecule has 3 aromatic carbocycles. The molecule has 0 radical (unpaired) electrons. The van der Waals surface area contributed by atoms with Gasteiger partial charge in [-0.15, -0.1) is 0 Å². The first kappa shape index (κ1) is 37.2. The second kappa shape index (κ2) is 16.3. The lowest BCUT2D eigenvalue weighted by Crippen LogP contribution is -2.26. The molecule has 3 unspecified atom stereocenters. The zero-order chi connectivity index (χ0) is 36.1. The Balaban J connectivity index is 1.33. The summed E-state index contributed by atoms with van der Waals surface area (Å²) in [6, 6.07) is 14.9. The number of halogens is 2. The summed E-state index contributed by atoms with van der Waals surface area (Å²) in [6.45, 7) is 8.40. The molecule has 8 heteroatoms. The van der Waals surface area contributed by atoms with Gasteiger partial charge in [-0.25, -0.2) is 4.39 Å². The SMILES string of the molecule is COc1cc(-c2cccc(-c3cccc(CCC(=O)/C4=C/CC(C)C(=O)C(C)CC4=O)c3C)c2Cl)cc(F)c1CC(C)CC[C@@H]1CNC(=O)C1. The Labute approximate surface area is 299 Å². The van der Waals surface area contributed by atoms with Crippen LogP contribution in [-0.4, -0.2) is 36.9 Å². The van der Waals surface area contributed by atoms with Crippen LogP contribution in [0.2, 0.25) is 5.02 Å². The molecule has 1 aliphatic heterocycles. The number of allylic oxidation sites excluding steroid dienone is 2. The van der Waals surface area contributed by atoms with Gasteiger partial charge in [-0.05, 0) is 78.8 Å². The van der Waals surface area contributed by atoms with E-state index < -0.39 is 5.92 Å². The highest BCUT2D eigenvalue weighted by molar-refractivity contribution is 6.36. The maximum absolute atomic E-state index is 15.8. The first-order chi connectivity index (χ1) is 23.9. The highest BCUT2D eigenvalue weighted by Crippen LogP contribution is 2.41. The van der Waals surface area contributed by atoms with Gasteiger partial charge in [-0.2, -0.15) is 0 Å². The number of ketones is 3. The number of amides is 1. The number of hydrogen-bond acceptors (Lipinski definition) is 5. The lowest BCUT2D eigenvalue weighted by Gasteiger charge is -2.19. The van der Waals surface area contributed by atoms with E-state index in [0.29, 0.717) is 65.6 Å². The third kappa shape index (κ3) is 8.43.